The number of nitrogens with one attached hydrogen (secondary N) is 1. The molecule has 0 aliphatic carbocycles. The highest BCUT2D eigenvalue weighted by Gasteiger charge is 2.36. The molecule has 1 aromatic carbocycles. The molecule has 2 heterocycles. The Morgan fingerprint density at radius 1 is 1.06 bits per heavy atom. The van der Waals surface area contributed by atoms with Gasteiger partial charge in [0.05, 0.1) is 22.9 Å². The first kappa shape index (κ1) is 25.1. The predicted molar refractivity (Wildman–Crippen MR) is 122 cm³/mol. The highest BCUT2D eigenvalue weighted by atomic mass is 32.2. The SMILES string of the molecule is CCCS(=O)(=O)N1CCCCC1C(=O)Nc1ccc(S(=O)(=O)N2CC(C)OC(C)C2)cc1. The molecule has 11 heteroatoms. The van der Waals surface area contributed by atoms with Crippen molar-refractivity contribution in [1.82, 2.24) is 8.61 Å². The smallest absolute Gasteiger partial charge is 0.243 e. The van der Waals surface area contributed by atoms with Gasteiger partial charge in [0, 0.05) is 25.3 Å². The second-order valence-electron chi connectivity index (χ2n) is 8.53. The van der Waals surface area contributed by atoms with Gasteiger partial charge in [0.1, 0.15) is 6.04 Å². The Morgan fingerprint density at radius 3 is 2.28 bits per heavy atom. The Hall–Kier alpha value is -1.53. The number of sulfonamides is 2. The van der Waals surface area contributed by atoms with Crippen molar-refractivity contribution in [3.8, 4) is 0 Å². The lowest BCUT2D eigenvalue weighted by molar-refractivity contribution is -0.120. The Labute approximate surface area is 191 Å². The third-order valence-electron chi connectivity index (χ3n) is 5.72. The summed E-state index contributed by atoms with van der Waals surface area (Å²) in [7, 11) is -7.16. The zero-order valence-electron chi connectivity index (χ0n) is 18.9. The van der Waals surface area contributed by atoms with Gasteiger partial charge in [0.15, 0.2) is 0 Å². The number of carbonyl (C=O) groups excluding carboxylic acids is 1. The number of ether oxygens (including phenoxy) is 1. The number of morpholine rings is 1. The Kier molecular flexibility index (Phi) is 7.97. The molecule has 0 saturated carbocycles. The largest absolute Gasteiger partial charge is 0.373 e. The van der Waals surface area contributed by atoms with E-state index in [0.29, 0.717) is 25.1 Å². The molecule has 0 spiro atoms. The maximum Gasteiger partial charge on any atom is 0.243 e. The third kappa shape index (κ3) is 5.69. The van der Waals surface area contributed by atoms with Crippen molar-refractivity contribution < 1.29 is 26.4 Å². The van der Waals surface area contributed by atoms with Crippen molar-refractivity contribution >= 4 is 31.6 Å². The van der Waals surface area contributed by atoms with Crippen LogP contribution in [0.2, 0.25) is 0 Å². The molecule has 0 radical (unpaired) electrons. The van der Waals surface area contributed by atoms with E-state index >= 15 is 0 Å². The van der Waals surface area contributed by atoms with Gasteiger partial charge < -0.3 is 10.1 Å². The molecule has 1 aromatic rings. The maximum absolute atomic E-state index is 13.0. The van der Waals surface area contributed by atoms with Gasteiger partial charge in [-0.15, -0.1) is 0 Å². The number of anilines is 1. The number of carbonyl (C=O) groups is 1. The summed E-state index contributed by atoms with van der Waals surface area (Å²) < 4.78 is 59.5. The number of amides is 1. The minimum absolute atomic E-state index is 0.0160. The summed E-state index contributed by atoms with van der Waals surface area (Å²) in [6, 6.07) is 5.24. The summed E-state index contributed by atoms with van der Waals surface area (Å²) >= 11 is 0. The van der Waals surface area contributed by atoms with Crippen LogP contribution in [0, 0.1) is 0 Å². The molecule has 0 aromatic heterocycles. The van der Waals surface area contributed by atoms with Crippen LogP contribution in [0.25, 0.3) is 0 Å². The molecule has 2 aliphatic rings. The first-order valence-corrected chi connectivity index (χ1v) is 14.2. The van der Waals surface area contributed by atoms with Crippen molar-refractivity contribution in [2.75, 3.05) is 30.7 Å². The monoisotopic (exact) mass is 487 g/mol. The molecule has 180 valence electrons. The molecular formula is C21H33N3O6S2. The van der Waals surface area contributed by atoms with Crippen LogP contribution >= 0.6 is 0 Å². The molecule has 2 aliphatic heterocycles. The van der Waals surface area contributed by atoms with Crippen molar-refractivity contribution in [1.29, 1.82) is 0 Å². The summed E-state index contributed by atoms with van der Waals surface area (Å²) in [5.74, 6) is -0.377. The highest BCUT2D eigenvalue weighted by Crippen LogP contribution is 2.25. The number of hydrogen-bond donors (Lipinski definition) is 1. The Morgan fingerprint density at radius 2 is 1.69 bits per heavy atom. The lowest BCUT2D eigenvalue weighted by Gasteiger charge is -2.34. The number of nitrogens with zero attached hydrogens (tertiary/aromatic N) is 2. The minimum atomic E-state index is -3.67. The van der Waals surface area contributed by atoms with Crippen LogP contribution in [-0.4, -0.2) is 75.0 Å². The Balaban J connectivity index is 1.71. The van der Waals surface area contributed by atoms with Crippen LogP contribution in [0.1, 0.15) is 46.5 Å². The molecule has 0 bridgehead atoms. The number of piperidine rings is 1. The normalized spacial score (nSPS) is 26.0. The van der Waals surface area contributed by atoms with E-state index in [4.69, 9.17) is 4.74 Å². The van der Waals surface area contributed by atoms with Crippen molar-refractivity contribution in [2.45, 2.75) is 69.6 Å². The number of rotatable bonds is 7. The first-order valence-electron chi connectivity index (χ1n) is 11.1. The lowest BCUT2D eigenvalue weighted by atomic mass is 10.0. The van der Waals surface area contributed by atoms with E-state index in [1.165, 1.54) is 32.9 Å². The van der Waals surface area contributed by atoms with Gasteiger partial charge in [-0.3, -0.25) is 4.79 Å². The topological polar surface area (TPSA) is 113 Å². The predicted octanol–water partition coefficient (Wildman–Crippen LogP) is 2.02. The van der Waals surface area contributed by atoms with Crippen LogP contribution in [-0.2, 0) is 29.6 Å². The minimum Gasteiger partial charge on any atom is -0.373 e. The molecule has 3 rings (SSSR count). The molecule has 2 fully saturated rings. The standard InChI is InChI=1S/C21H33N3O6S2/c1-4-13-31(26,27)24-12-6-5-7-20(24)21(25)22-18-8-10-19(11-9-18)32(28,29)23-14-16(2)30-17(3)15-23/h8-11,16-17,20H,4-7,12-15H2,1-3H3,(H,22,25). The maximum atomic E-state index is 13.0. The molecule has 3 atom stereocenters. The molecule has 32 heavy (non-hydrogen) atoms. The van der Waals surface area contributed by atoms with Crippen LogP contribution in [0.4, 0.5) is 5.69 Å². The van der Waals surface area contributed by atoms with Crippen molar-refractivity contribution in [2.24, 2.45) is 0 Å². The molecule has 1 amide bonds. The molecule has 3 unspecified atom stereocenters. The van der Waals surface area contributed by atoms with Gasteiger partial charge in [-0.1, -0.05) is 13.3 Å². The quantitative estimate of drug-likeness (QED) is 0.630. The zero-order valence-corrected chi connectivity index (χ0v) is 20.5. The Bertz CT molecular complexity index is 1000. The average Bonchev–Trinajstić information content (AvgIpc) is 2.73. The van der Waals surface area contributed by atoms with E-state index in [1.54, 1.807) is 6.92 Å². The second kappa shape index (κ2) is 10.2. The van der Waals surface area contributed by atoms with Gasteiger partial charge in [0.2, 0.25) is 26.0 Å². The zero-order chi connectivity index (χ0) is 23.5. The fourth-order valence-electron chi connectivity index (χ4n) is 4.29. The molecule has 1 N–H and O–H groups in total. The van der Waals surface area contributed by atoms with Crippen molar-refractivity contribution in [3.05, 3.63) is 24.3 Å². The van der Waals surface area contributed by atoms with E-state index < -0.39 is 32.0 Å². The van der Waals surface area contributed by atoms with Gasteiger partial charge in [0.25, 0.3) is 0 Å². The van der Waals surface area contributed by atoms with Crippen LogP contribution in [0.15, 0.2) is 29.2 Å². The van der Waals surface area contributed by atoms with E-state index in [9.17, 15) is 21.6 Å². The molecular weight excluding hydrogens is 454 g/mol. The van der Waals surface area contributed by atoms with E-state index in [-0.39, 0.29) is 35.9 Å². The summed E-state index contributed by atoms with van der Waals surface area (Å²) in [4.78, 5) is 13.0. The lowest BCUT2D eigenvalue weighted by Crippen LogP contribution is -2.50. The van der Waals surface area contributed by atoms with Gasteiger partial charge >= 0.3 is 0 Å². The first-order chi connectivity index (χ1) is 15.0. The van der Waals surface area contributed by atoms with Crippen LogP contribution in [0.3, 0.4) is 0 Å². The van der Waals surface area contributed by atoms with E-state index in [0.717, 1.165) is 12.8 Å². The summed E-state index contributed by atoms with van der Waals surface area (Å²) in [6.45, 7) is 6.39. The van der Waals surface area contributed by atoms with Crippen molar-refractivity contribution in [3.63, 3.8) is 0 Å². The summed E-state index contributed by atoms with van der Waals surface area (Å²) in [6.07, 6.45) is 2.10. The number of hydrogen-bond acceptors (Lipinski definition) is 6. The van der Waals surface area contributed by atoms with Gasteiger partial charge in [-0.05, 0) is 57.4 Å². The summed E-state index contributed by atoms with van der Waals surface area (Å²) in [5.41, 5.74) is 0.427. The average molecular weight is 488 g/mol. The summed E-state index contributed by atoms with van der Waals surface area (Å²) in [5, 5.41) is 2.75. The molecule has 2 saturated heterocycles. The van der Waals surface area contributed by atoms with Gasteiger partial charge in [-0.2, -0.15) is 8.61 Å². The van der Waals surface area contributed by atoms with Crippen LogP contribution < -0.4 is 5.32 Å². The van der Waals surface area contributed by atoms with Crippen LogP contribution in [0.5, 0.6) is 0 Å². The molecule has 9 nitrogen and oxygen atoms in total. The van der Waals surface area contributed by atoms with E-state index in [2.05, 4.69) is 5.32 Å². The van der Waals surface area contributed by atoms with E-state index in [1.807, 2.05) is 13.8 Å². The fraction of sp³-hybridized carbons (Fsp3) is 0.667. The second-order valence-corrected chi connectivity index (χ2v) is 12.5. The fourth-order valence-corrected chi connectivity index (χ4v) is 7.62. The third-order valence-corrected chi connectivity index (χ3v) is 9.64. The highest BCUT2D eigenvalue weighted by molar-refractivity contribution is 7.89. The van der Waals surface area contributed by atoms with Gasteiger partial charge in [-0.25, -0.2) is 16.8 Å². The number of benzene rings is 1.